The highest BCUT2D eigenvalue weighted by Gasteiger charge is 2.19. The van der Waals surface area contributed by atoms with Gasteiger partial charge in [0.15, 0.2) is 11.5 Å². The van der Waals surface area contributed by atoms with Crippen LogP contribution in [0.25, 0.3) is 16.6 Å². The summed E-state index contributed by atoms with van der Waals surface area (Å²) in [5.41, 5.74) is 2.36. The molecule has 4 rings (SSSR count). The molecule has 3 heterocycles. The lowest BCUT2D eigenvalue weighted by Crippen LogP contribution is -2.04. The number of hydrogen-bond donors (Lipinski definition) is 2. The molecule has 124 valence electrons. The van der Waals surface area contributed by atoms with Crippen LogP contribution in [0.2, 0.25) is 0 Å². The molecule has 1 aromatic carbocycles. The third-order valence-electron chi connectivity index (χ3n) is 3.80. The lowest BCUT2D eigenvalue weighted by atomic mass is 10.2. The van der Waals surface area contributed by atoms with E-state index in [1.54, 1.807) is 36.0 Å². The normalized spacial score (nSPS) is 10.9. The first-order valence-electron chi connectivity index (χ1n) is 7.42. The van der Waals surface area contributed by atoms with E-state index in [4.69, 9.17) is 4.74 Å². The SMILES string of the molecule is COc1cccc(Nc2nc3ccncc3n3cnc(C(=O)O)c23)c1. The van der Waals surface area contributed by atoms with Crippen molar-refractivity contribution in [3.05, 3.63) is 54.7 Å². The molecular weight excluding hydrogens is 322 g/mol. The number of imidazole rings is 1. The number of methoxy groups -OCH3 is 1. The summed E-state index contributed by atoms with van der Waals surface area (Å²) in [5, 5.41) is 12.6. The summed E-state index contributed by atoms with van der Waals surface area (Å²) < 4.78 is 6.88. The van der Waals surface area contributed by atoms with Crippen molar-refractivity contribution in [2.24, 2.45) is 0 Å². The third kappa shape index (κ3) is 2.49. The van der Waals surface area contributed by atoms with Crippen LogP contribution in [0.3, 0.4) is 0 Å². The number of ether oxygens (including phenoxy) is 1. The van der Waals surface area contributed by atoms with Gasteiger partial charge in [-0.1, -0.05) is 6.07 Å². The summed E-state index contributed by atoms with van der Waals surface area (Å²) in [5.74, 6) is -0.0546. The molecule has 0 aliphatic carbocycles. The van der Waals surface area contributed by atoms with Gasteiger partial charge in [-0.3, -0.25) is 9.38 Å². The summed E-state index contributed by atoms with van der Waals surface area (Å²) in [6, 6.07) is 9.05. The van der Waals surface area contributed by atoms with Crippen molar-refractivity contribution in [2.45, 2.75) is 0 Å². The average Bonchev–Trinajstić information content (AvgIpc) is 3.08. The zero-order valence-corrected chi connectivity index (χ0v) is 13.2. The molecule has 8 heteroatoms. The fraction of sp³-hybridized carbons (Fsp3) is 0.0588. The first-order valence-corrected chi connectivity index (χ1v) is 7.42. The quantitative estimate of drug-likeness (QED) is 0.591. The summed E-state index contributed by atoms with van der Waals surface area (Å²) >= 11 is 0. The molecule has 0 radical (unpaired) electrons. The van der Waals surface area contributed by atoms with Crippen LogP contribution in [0, 0.1) is 0 Å². The number of hydrogen-bond acceptors (Lipinski definition) is 6. The number of aromatic carboxylic acids is 1. The van der Waals surface area contributed by atoms with Gasteiger partial charge in [0.25, 0.3) is 0 Å². The monoisotopic (exact) mass is 335 g/mol. The molecule has 2 N–H and O–H groups in total. The Balaban J connectivity index is 1.96. The van der Waals surface area contributed by atoms with Gasteiger partial charge in [-0.15, -0.1) is 0 Å². The number of fused-ring (bicyclic) bond motifs is 3. The molecule has 0 aliphatic heterocycles. The van der Waals surface area contributed by atoms with Crippen LogP contribution in [0.5, 0.6) is 5.75 Å². The van der Waals surface area contributed by atoms with Crippen molar-refractivity contribution in [1.82, 2.24) is 19.4 Å². The Hall–Kier alpha value is -3.68. The number of carboxylic acid groups (broad SMARTS) is 1. The second-order valence-electron chi connectivity index (χ2n) is 5.30. The van der Waals surface area contributed by atoms with Gasteiger partial charge in [-0.2, -0.15) is 0 Å². The number of aromatic nitrogens is 4. The molecule has 0 spiro atoms. The van der Waals surface area contributed by atoms with Crippen LogP contribution in [0.15, 0.2) is 49.1 Å². The zero-order valence-electron chi connectivity index (χ0n) is 13.2. The van der Waals surface area contributed by atoms with E-state index in [0.29, 0.717) is 28.1 Å². The number of benzene rings is 1. The smallest absolute Gasteiger partial charge is 0.356 e. The summed E-state index contributed by atoms with van der Waals surface area (Å²) in [4.78, 5) is 24.2. The van der Waals surface area contributed by atoms with Gasteiger partial charge in [0.2, 0.25) is 0 Å². The molecule has 0 unspecified atom stereocenters. The Labute approximate surface area is 141 Å². The maximum absolute atomic E-state index is 11.6. The van der Waals surface area contributed by atoms with Gasteiger partial charge in [0.1, 0.15) is 17.6 Å². The van der Waals surface area contributed by atoms with Crippen LogP contribution < -0.4 is 10.1 Å². The minimum atomic E-state index is -1.12. The largest absolute Gasteiger partial charge is 0.497 e. The molecule has 0 bridgehead atoms. The number of carbonyl (C=O) groups is 1. The first kappa shape index (κ1) is 14.9. The minimum absolute atomic E-state index is 0.0800. The van der Waals surface area contributed by atoms with Crippen molar-refractivity contribution in [3.8, 4) is 5.75 Å². The molecule has 0 fully saturated rings. The van der Waals surface area contributed by atoms with E-state index in [1.165, 1.54) is 6.33 Å². The number of anilines is 2. The summed E-state index contributed by atoms with van der Waals surface area (Å²) in [7, 11) is 1.58. The molecule has 8 nitrogen and oxygen atoms in total. The zero-order chi connectivity index (χ0) is 17.4. The highest BCUT2D eigenvalue weighted by atomic mass is 16.5. The van der Waals surface area contributed by atoms with Gasteiger partial charge in [-0.25, -0.2) is 14.8 Å². The van der Waals surface area contributed by atoms with Gasteiger partial charge in [0.05, 0.1) is 24.3 Å². The third-order valence-corrected chi connectivity index (χ3v) is 3.80. The Bertz CT molecular complexity index is 1110. The van der Waals surface area contributed by atoms with Crippen molar-refractivity contribution >= 4 is 34.0 Å². The molecule has 3 aromatic heterocycles. The topological polar surface area (TPSA) is 102 Å². The number of carboxylic acids is 1. The summed E-state index contributed by atoms with van der Waals surface area (Å²) in [6.07, 6.45) is 4.71. The number of nitrogens with zero attached hydrogens (tertiary/aromatic N) is 4. The average molecular weight is 335 g/mol. The molecule has 4 aromatic rings. The van der Waals surface area contributed by atoms with Crippen molar-refractivity contribution in [2.75, 3.05) is 12.4 Å². The van der Waals surface area contributed by atoms with E-state index < -0.39 is 5.97 Å². The highest BCUT2D eigenvalue weighted by molar-refractivity contribution is 6.00. The summed E-state index contributed by atoms with van der Waals surface area (Å²) in [6.45, 7) is 0. The highest BCUT2D eigenvalue weighted by Crippen LogP contribution is 2.28. The molecule has 0 saturated heterocycles. The van der Waals surface area contributed by atoms with E-state index in [0.717, 1.165) is 5.69 Å². The maximum atomic E-state index is 11.6. The molecule has 0 amide bonds. The number of pyridine rings is 1. The molecule has 0 atom stereocenters. The van der Waals surface area contributed by atoms with E-state index in [2.05, 4.69) is 20.3 Å². The Morgan fingerprint density at radius 2 is 2.20 bits per heavy atom. The van der Waals surface area contributed by atoms with Gasteiger partial charge in [-0.05, 0) is 18.2 Å². The molecule has 0 aliphatic rings. The van der Waals surface area contributed by atoms with Gasteiger partial charge >= 0.3 is 5.97 Å². The predicted molar refractivity (Wildman–Crippen MR) is 91.5 cm³/mol. The molecule has 0 saturated carbocycles. The van der Waals surface area contributed by atoms with Crippen LogP contribution in [-0.4, -0.2) is 37.5 Å². The fourth-order valence-corrected chi connectivity index (χ4v) is 2.67. The Morgan fingerprint density at radius 3 is 3.00 bits per heavy atom. The fourth-order valence-electron chi connectivity index (χ4n) is 2.67. The van der Waals surface area contributed by atoms with Crippen molar-refractivity contribution < 1.29 is 14.6 Å². The molecule has 25 heavy (non-hydrogen) atoms. The van der Waals surface area contributed by atoms with Crippen molar-refractivity contribution in [1.29, 1.82) is 0 Å². The van der Waals surface area contributed by atoms with Gasteiger partial charge in [0, 0.05) is 18.0 Å². The standard InChI is InChI=1S/C17H13N5O3/c1-25-11-4-2-3-10(7-11)20-16-15-14(17(23)24)19-9-22(15)13-8-18-6-5-12(13)21-16/h2-9H,1H3,(H,20,21)(H,23,24). The van der Waals surface area contributed by atoms with Crippen LogP contribution in [0.4, 0.5) is 11.5 Å². The molecular formula is C17H13N5O3. The van der Waals surface area contributed by atoms with Crippen LogP contribution in [0.1, 0.15) is 10.5 Å². The lowest BCUT2D eigenvalue weighted by molar-refractivity contribution is 0.0693. The Kier molecular flexibility index (Phi) is 3.42. The lowest BCUT2D eigenvalue weighted by Gasteiger charge is -2.11. The van der Waals surface area contributed by atoms with E-state index >= 15 is 0 Å². The second kappa shape index (κ2) is 5.75. The maximum Gasteiger partial charge on any atom is 0.356 e. The number of nitrogens with one attached hydrogen (secondary N) is 1. The van der Waals surface area contributed by atoms with E-state index in [1.807, 2.05) is 18.2 Å². The van der Waals surface area contributed by atoms with Crippen LogP contribution >= 0.6 is 0 Å². The Morgan fingerprint density at radius 1 is 1.32 bits per heavy atom. The second-order valence-corrected chi connectivity index (χ2v) is 5.30. The van der Waals surface area contributed by atoms with Crippen molar-refractivity contribution in [3.63, 3.8) is 0 Å². The predicted octanol–water partition coefficient (Wildman–Crippen LogP) is 2.73. The van der Waals surface area contributed by atoms with Crippen LogP contribution in [-0.2, 0) is 0 Å². The van der Waals surface area contributed by atoms with Gasteiger partial charge < -0.3 is 15.2 Å². The minimum Gasteiger partial charge on any atom is -0.497 e. The number of rotatable bonds is 4. The van der Waals surface area contributed by atoms with E-state index in [-0.39, 0.29) is 5.69 Å². The first-order chi connectivity index (χ1) is 12.2. The van der Waals surface area contributed by atoms with E-state index in [9.17, 15) is 9.90 Å².